The Labute approximate surface area is 121 Å². The van der Waals surface area contributed by atoms with Crippen molar-refractivity contribution in [3.63, 3.8) is 0 Å². The molecule has 0 aromatic heterocycles. The van der Waals surface area contributed by atoms with Crippen LogP contribution in [0, 0.1) is 22.5 Å². The Kier molecular flexibility index (Phi) is 5.89. The van der Waals surface area contributed by atoms with E-state index in [9.17, 15) is 19.7 Å². The lowest BCUT2D eigenvalue weighted by Gasteiger charge is -2.13. The van der Waals surface area contributed by atoms with Crippen molar-refractivity contribution in [2.75, 3.05) is 7.11 Å². The Morgan fingerprint density at radius 3 is 2.81 bits per heavy atom. The summed E-state index contributed by atoms with van der Waals surface area (Å²) >= 11 is 0. The molecule has 1 N–H and O–H groups in total. The predicted molar refractivity (Wildman–Crippen MR) is 74.2 cm³/mol. The Bertz CT molecular complexity index is 591. The van der Waals surface area contributed by atoms with Crippen molar-refractivity contribution in [1.82, 2.24) is 5.32 Å². The summed E-state index contributed by atoms with van der Waals surface area (Å²) in [6.45, 7) is 0. The summed E-state index contributed by atoms with van der Waals surface area (Å²) < 4.78 is 4.53. The SMILES string of the molecule is C#CC[C@@H](NC(=O)Cc1cccc([N+](=O)[O-])c1)C(=O)OC. The minimum atomic E-state index is -0.925. The van der Waals surface area contributed by atoms with Crippen LogP contribution in [0.15, 0.2) is 24.3 Å². The van der Waals surface area contributed by atoms with Gasteiger partial charge in [0.15, 0.2) is 0 Å². The average molecular weight is 290 g/mol. The van der Waals surface area contributed by atoms with Crippen molar-refractivity contribution in [2.24, 2.45) is 0 Å². The van der Waals surface area contributed by atoms with Gasteiger partial charge in [-0.05, 0) is 5.56 Å². The number of carbonyl (C=O) groups is 2. The fourth-order valence-electron chi connectivity index (χ4n) is 1.66. The van der Waals surface area contributed by atoms with Crippen LogP contribution in [0.25, 0.3) is 0 Å². The summed E-state index contributed by atoms with van der Waals surface area (Å²) in [7, 11) is 1.19. The zero-order valence-electron chi connectivity index (χ0n) is 11.4. The smallest absolute Gasteiger partial charge is 0.329 e. The van der Waals surface area contributed by atoms with Gasteiger partial charge in [0.1, 0.15) is 6.04 Å². The van der Waals surface area contributed by atoms with E-state index in [1.165, 1.54) is 25.3 Å². The van der Waals surface area contributed by atoms with Crippen LogP contribution >= 0.6 is 0 Å². The van der Waals surface area contributed by atoms with Crippen molar-refractivity contribution < 1.29 is 19.2 Å². The van der Waals surface area contributed by atoms with E-state index in [2.05, 4.69) is 16.0 Å². The minimum absolute atomic E-state index is 0.00729. The van der Waals surface area contributed by atoms with Crippen molar-refractivity contribution in [2.45, 2.75) is 18.9 Å². The molecule has 1 aromatic carbocycles. The number of carbonyl (C=O) groups excluding carboxylic acids is 2. The van der Waals surface area contributed by atoms with Gasteiger partial charge in [0, 0.05) is 18.6 Å². The van der Waals surface area contributed by atoms with E-state index in [1.54, 1.807) is 6.07 Å². The second-order valence-corrected chi connectivity index (χ2v) is 4.16. The Morgan fingerprint density at radius 2 is 2.24 bits per heavy atom. The number of benzene rings is 1. The van der Waals surface area contributed by atoms with E-state index in [-0.39, 0.29) is 18.5 Å². The number of non-ortho nitro benzene ring substituents is 1. The molecule has 1 atom stereocenters. The lowest BCUT2D eigenvalue weighted by molar-refractivity contribution is -0.384. The van der Waals surface area contributed by atoms with Gasteiger partial charge in [0.2, 0.25) is 5.91 Å². The van der Waals surface area contributed by atoms with E-state index in [1.807, 2.05) is 0 Å². The number of hydrogen-bond donors (Lipinski definition) is 1. The molecule has 0 bridgehead atoms. The highest BCUT2D eigenvalue weighted by atomic mass is 16.6. The van der Waals surface area contributed by atoms with Gasteiger partial charge in [-0.15, -0.1) is 12.3 Å². The maximum absolute atomic E-state index is 11.8. The number of esters is 1. The molecular weight excluding hydrogens is 276 g/mol. The third-order valence-corrected chi connectivity index (χ3v) is 2.63. The molecule has 0 aliphatic heterocycles. The number of hydrogen-bond acceptors (Lipinski definition) is 5. The highest BCUT2D eigenvalue weighted by Crippen LogP contribution is 2.13. The molecule has 21 heavy (non-hydrogen) atoms. The summed E-state index contributed by atoms with van der Waals surface area (Å²) in [5, 5.41) is 13.1. The quantitative estimate of drug-likeness (QED) is 0.362. The van der Waals surface area contributed by atoms with Crippen molar-refractivity contribution in [1.29, 1.82) is 0 Å². The molecule has 1 amide bonds. The fraction of sp³-hybridized carbons (Fsp3) is 0.286. The Morgan fingerprint density at radius 1 is 1.52 bits per heavy atom. The van der Waals surface area contributed by atoms with E-state index < -0.39 is 22.8 Å². The first-order valence-electron chi connectivity index (χ1n) is 6.02. The fourth-order valence-corrected chi connectivity index (χ4v) is 1.66. The second-order valence-electron chi connectivity index (χ2n) is 4.16. The van der Waals surface area contributed by atoms with Crippen molar-refractivity contribution in [3.05, 3.63) is 39.9 Å². The van der Waals surface area contributed by atoms with E-state index in [4.69, 9.17) is 6.42 Å². The van der Waals surface area contributed by atoms with Crippen LogP contribution in [0.1, 0.15) is 12.0 Å². The summed E-state index contributed by atoms with van der Waals surface area (Å²) in [6.07, 6.45) is 5.03. The Balaban J connectivity index is 2.72. The van der Waals surface area contributed by atoms with Gasteiger partial charge in [-0.25, -0.2) is 4.79 Å². The maximum atomic E-state index is 11.8. The topological polar surface area (TPSA) is 98.5 Å². The monoisotopic (exact) mass is 290 g/mol. The van der Waals surface area contributed by atoms with Gasteiger partial charge in [-0.1, -0.05) is 12.1 Å². The number of nitrogens with one attached hydrogen (secondary N) is 1. The van der Waals surface area contributed by atoms with Crippen LogP contribution < -0.4 is 5.32 Å². The number of ether oxygens (including phenoxy) is 1. The lowest BCUT2D eigenvalue weighted by Crippen LogP contribution is -2.41. The van der Waals surface area contributed by atoms with Crippen LogP contribution in [0.4, 0.5) is 5.69 Å². The minimum Gasteiger partial charge on any atom is -0.467 e. The molecule has 0 fully saturated rings. The van der Waals surface area contributed by atoms with E-state index in [0.717, 1.165) is 0 Å². The Hall–Kier alpha value is -2.88. The van der Waals surface area contributed by atoms with E-state index in [0.29, 0.717) is 5.56 Å². The molecule has 0 saturated carbocycles. The molecule has 0 spiro atoms. The molecule has 7 heteroatoms. The van der Waals surface area contributed by atoms with Gasteiger partial charge in [-0.3, -0.25) is 14.9 Å². The summed E-state index contributed by atoms with van der Waals surface area (Å²) in [5.74, 6) is 1.16. The first kappa shape index (κ1) is 16.2. The highest BCUT2D eigenvalue weighted by molar-refractivity contribution is 5.85. The number of amides is 1. The normalized spacial score (nSPS) is 11.0. The third-order valence-electron chi connectivity index (χ3n) is 2.63. The largest absolute Gasteiger partial charge is 0.467 e. The molecule has 1 rings (SSSR count). The lowest BCUT2D eigenvalue weighted by atomic mass is 10.1. The number of rotatable bonds is 6. The number of methoxy groups -OCH3 is 1. The highest BCUT2D eigenvalue weighted by Gasteiger charge is 2.20. The first-order valence-corrected chi connectivity index (χ1v) is 6.02. The molecular formula is C14H14N2O5. The van der Waals surface area contributed by atoms with Crippen LogP contribution in [-0.4, -0.2) is 30.0 Å². The van der Waals surface area contributed by atoms with Gasteiger partial charge < -0.3 is 10.1 Å². The zero-order valence-corrected chi connectivity index (χ0v) is 11.4. The van der Waals surface area contributed by atoms with Gasteiger partial charge >= 0.3 is 5.97 Å². The zero-order chi connectivity index (χ0) is 15.8. The van der Waals surface area contributed by atoms with Gasteiger partial charge in [0.25, 0.3) is 5.69 Å². The van der Waals surface area contributed by atoms with Gasteiger partial charge in [0.05, 0.1) is 18.5 Å². The van der Waals surface area contributed by atoms with Crippen molar-refractivity contribution >= 4 is 17.6 Å². The van der Waals surface area contributed by atoms with Crippen LogP contribution in [0.5, 0.6) is 0 Å². The number of nitro benzene ring substituents is 1. The van der Waals surface area contributed by atoms with Crippen molar-refractivity contribution in [3.8, 4) is 12.3 Å². The summed E-state index contributed by atoms with van der Waals surface area (Å²) in [6, 6.07) is 4.78. The van der Waals surface area contributed by atoms with E-state index >= 15 is 0 Å². The maximum Gasteiger partial charge on any atom is 0.329 e. The van der Waals surface area contributed by atoms with Crippen LogP contribution in [-0.2, 0) is 20.7 Å². The molecule has 0 heterocycles. The standard InChI is InChI=1S/C14H14N2O5/c1-3-5-12(14(18)21-2)15-13(17)9-10-6-4-7-11(8-10)16(19)20/h1,4,6-8,12H,5,9H2,2H3,(H,15,17)/t12-/m1/s1. The second kappa shape index (κ2) is 7.65. The molecule has 0 aliphatic rings. The van der Waals surface area contributed by atoms with Gasteiger partial charge in [-0.2, -0.15) is 0 Å². The molecule has 0 unspecified atom stereocenters. The molecule has 7 nitrogen and oxygen atoms in total. The van der Waals surface area contributed by atoms with Crippen LogP contribution in [0.2, 0.25) is 0 Å². The van der Waals surface area contributed by atoms with Crippen LogP contribution in [0.3, 0.4) is 0 Å². The molecule has 110 valence electrons. The number of nitro groups is 1. The summed E-state index contributed by atoms with van der Waals surface area (Å²) in [4.78, 5) is 33.4. The third kappa shape index (κ3) is 4.95. The first-order chi connectivity index (χ1) is 9.97. The average Bonchev–Trinajstić information content (AvgIpc) is 2.46. The molecule has 0 radical (unpaired) electrons. The summed E-state index contributed by atoms with van der Waals surface area (Å²) in [5.41, 5.74) is 0.361. The predicted octanol–water partition coefficient (Wildman–Crippen LogP) is 0.818. The molecule has 1 aromatic rings. The number of nitrogens with zero attached hydrogens (tertiary/aromatic N) is 1. The number of terminal acetylenes is 1. The molecule has 0 aliphatic carbocycles. The molecule has 0 saturated heterocycles.